The molecule has 0 aromatic heterocycles. The maximum atomic E-state index is 12.8. The van der Waals surface area contributed by atoms with Gasteiger partial charge in [0.2, 0.25) is 0 Å². The second-order valence-electron chi connectivity index (χ2n) is 21.0. The molecule has 10 heteroatoms. The van der Waals surface area contributed by atoms with Crippen LogP contribution in [0.15, 0.2) is 146 Å². The van der Waals surface area contributed by atoms with Crippen LogP contribution in [0.1, 0.15) is 219 Å². The third-order valence-electron chi connectivity index (χ3n) is 12.4. The first-order chi connectivity index (χ1) is 38.0. The van der Waals surface area contributed by atoms with E-state index in [0.717, 1.165) is 122 Å². The molecule has 2 unspecified atom stereocenters. The lowest BCUT2D eigenvalue weighted by Crippen LogP contribution is -2.37. The predicted molar refractivity (Wildman–Crippen MR) is 334 cm³/mol. The minimum absolute atomic E-state index is 0.0203. The maximum Gasteiger partial charge on any atom is 0.472 e. The van der Waals surface area contributed by atoms with Crippen LogP contribution < -0.4 is 0 Å². The molecule has 9 nitrogen and oxygen atoms in total. The first-order valence-electron chi connectivity index (χ1n) is 30.6. The van der Waals surface area contributed by atoms with E-state index in [4.69, 9.17) is 18.5 Å². The molecule has 0 saturated heterocycles. The number of phosphoric ester groups is 1. The van der Waals surface area contributed by atoms with Crippen molar-refractivity contribution in [2.45, 2.75) is 225 Å². The van der Waals surface area contributed by atoms with Gasteiger partial charge in [0.05, 0.1) is 27.7 Å². The number of phosphoric acid groups is 1. The molecule has 0 radical (unpaired) electrons. The molecule has 78 heavy (non-hydrogen) atoms. The molecule has 1 N–H and O–H groups in total. The number of hydrogen-bond acceptors (Lipinski definition) is 7. The highest BCUT2D eigenvalue weighted by atomic mass is 31.2. The van der Waals surface area contributed by atoms with Gasteiger partial charge in [-0.25, -0.2) is 4.57 Å². The zero-order valence-corrected chi connectivity index (χ0v) is 51.0. The van der Waals surface area contributed by atoms with E-state index in [1.54, 1.807) is 0 Å². The summed E-state index contributed by atoms with van der Waals surface area (Å²) in [5, 5.41) is 0. The van der Waals surface area contributed by atoms with Crippen molar-refractivity contribution in [2.24, 2.45) is 0 Å². The fourth-order valence-corrected chi connectivity index (χ4v) is 8.44. The number of hydrogen-bond donors (Lipinski definition) is 1. The van der Waals surface area contributed by atoms with Gasteiger partial charge in [-0.1, -0.05) is 250 Å². The number of quaternary nitrogens is 1. The number of nitrogens with zero attached hydrogens (tertiary/aromatic N) is 1. The summed E-state index contributed by atoms with van der Waals surface area (Å²) in [6.07, 6.45) is 85.0. The van der Waals surface area contributed by atoms with Crippen LogP contribution in [0.25, 0.3) is 0 Å². The summed E-state index contributed by atoms with van der Waals surface area (Å²) < 4.78 is 34.5. The maximum absolute atomic E-state index is 12.8. The van der Waals surface area contributed by atoms with Crippen LogP contribution in [0.4, 0.5) is 0 Å². The number of ether oxygens (including phenoxy) is 2. The summed E-state index contributed by atoms with van der Waals surface area (Å²) in [5.41, 5.74) is 0. The molecule has 2 atom stereocenters. The topological polar surface area (TPSA) is 108 Å². The first kappa shape index (κ1) is 73.9. The van der Waals surface area contributed by atoms with Gasteiger partial charge >= 0.3 is 19.8 Å². The summed E-state index contributed by atoms with van der Waals surface area (Å²) in [5.74, 6) is -0.834. The fraction of sp³-hybridized carbons (Fsp3) is 0.618. The molecule has 0 aromatic rings. The molecule has 0 spiro atoms. The van der Waals surface area contributed by atoms with Gasteiger partial charge < -0.3 is 18.9 Å². The number of esters is 2. The number of likely N-dealkylation sites (N-methyl/N-ethyl adjacent to an activating group) is 1. The minimum atomic E-state index is -4.40. The largest absolute Gasteiger partial charge is 0.472 e. The summed E-state index contributed by atoms with van der Waals surface area (Å²) >= 11 is 0. The highest BCUT2D eigenvalue weighted by Gasteiger charge is 2.27. The number of rotatable bonds is 54. The number of allylic oxidation sites excluding steroid dienone is 24. The van der Waals surface area contributed by atoms with Crippen LogP contribution in [-0.2, 0) is 32.7 Å². The summed E-state index contributed by atoms with van der Waals surface area (Å²) in [7, 11) is 1.44. The second-order valence-corrected chi connectivity index (χ2v) is 22.5. The van der Waals surface area contributed by atoms with Crippen molar-refractivity contribution in [3.05, 3.63) is 146 Å². The Morgan fingerprint density at radius 3 is 1.09 bits per heavy atom. The zero-order chi connectivity index (χ0) is 57.0. The normalized spacial score (nSPS) is 14.3. The Bertz CT molecular complexity index is 1820. The quantitative estimate of drug-likeness (QED) is 0.0211. The number of carbonyl (C=O) groups excluding carboxylic acids is 2. The Hall–Kier alpha value is -4.11. The predicted octanol–water partition coefficient (Wildman–Crippen LogP) is 19.5. The molecule has 0 aliphatic rings. The van der Waals surface area contributed by atoms with Crippen molar-refractivity contribution >= 4 is 19.8 Å². The third kappa shape index (κ3) is 61.1. The standard InChI is InChI=1S/C68H112NO8P/c1-6-8-10-12-14-16-18-20-21-22-23-24-25-26-27-28-29-30-31-32-33-34-35-36-37-38-39-40-41-42-43-44-45-46-47-49-51-53-55-57-59-61-68(71)77-66(65-76-78(72,73)75-63-62-69(3,4)5)64-74-67(70)60-58-56-54-52-50-48-19-17-15-13-11-9-7-2/h8,10,14,16,20-21,23-24,26-27,29-30,32-33,35-36,38-39,41-42,44-45,47,49,66H,6-7,9,11-13,15,17-19,22,25,28,31,34,37,40,43,46,48,50-65H2,1-5H3/p+1/b10-8-,16-14-,21-20-,24-23-,27-26-,30-29-,33-32-,36-35-,39-38-,42-41-,45-44-,49-47-. The number of unbranched alkanes of at least 4 members (excludes halogenated alkanes) is 16. The van der Waals surface area contributed by atoms with Crippen LogP contribution in [0.2, 0.25) is 0 Å². The molecule has 0 aromatic carbocycles. The van der Waals surface area contributed by atoms with Crippen molar-refractivity contribution < 1.29 is 42.1 Å². The fourth-order valence-electron chi connectivity index (χ4n) is 7.70. The molecule has 0 aliphatic carbocycles. The van der Waals surface area contributed by atoms with E-state index < -0.39 is 26.5 Å². The van der Waals surface area contributed by atoms with Gasteiger partial charge in [-0.2, -0.15) is 0 Å². The highest BCUT2D eigenvalue weighted by Crippen LogP contribution is 2.43. The van der Waals surface area contributed by atoms with Gasteiger partial charge in [-0.15, -0.1) is 0 Å². The average Bonchev–Trinajstić information content (AvgIpc) is 3.40. The van der Waals surface area contributed by atoms with Crippen LogP contribution >= 0.6 is 7.82 Å². The Morgan fingerprint density at radius 1 is 0.410 bits per heavy atom. The molecule has 0 bridgehead atoms. The van der Waals surface area contributed by atoms with Gasteiger partial charge in [0.1, 0.15) is 19.8 Å². The van der Waals surface area contributed by atoms with E-state index in [0.29, 0.717) is 17.4 Å². The SMILES string of the molecule is CC/C=C\C/C=C\C/C=C\C/C=C\C/C=C\C/C=C\C/C=C\C/C=C\C/C=C\C/C=C\C/C=C\C/C=C\CCCCCCC(=O)OC(COC(=O)CCCCCCCCCCCCCCC)COP(=O)(O)OCC[N+](C)(C)C. The molecular formula is C68H113NO8P+. The minimum Gasteiger partial charge on any atom is -0.462 e. The molecule has 0 rings (SSSR count). The van der Waals surface area contributed by atoms with Gasteiger partial charge in [0.25, 0.3) is 0 Å². The highest BCUT2D eigenvalue weighted by molar-refractivity contribution is 7.47. The summed E-state index contributed by atoms with van der Waals surface area (Å²) in [6, 6.07) is 0. The molecule has 0 fully saturated rings. The monoisotopic (exact) mass is 1100 g/mol. The van der Waals surface area contributed by atoms with Gasteiger partial charge in [-0.3, -0.25) is 18.6 Å². The molecule has 442 valence electrons. The van der Waals surface area contributed by atoms with Gasteiger partial charge in [0, 0.05) is 12.8 Å². The summed E-state index contributed by atoms with van der Waals surface area (Å²) in [4.78, 5) is 35.6. The lowest BCUT2D eigenvalue weighted by molar-refractivity contribution is -0.870. The Labute approximate surface area is 478 Å². The first-order valence-corrected chi connectivity index (χ1v) is 32.1. The van der Waals surface area contributed by atoms with E-state index >= 15 is 0 Å². The van der Waals surface area contributed by atoms with Crippen LogP contribution in [0.5, 0.6) is 0 Å². The lowest BCUT2D eigenvalue weighted by Gasteiger charge is -2.24. The molecule has 0 amide bonds. The van der Waals surface area contributed by atoms with E-state index in [1.807, 2.05) is 21.1 Å². The van der Waals surface area contributed by atoms with E-state index in [-0.39, 0.29) is 32.0 Å². The average molecular weight is 1100 g/mol. The van der Waals surface area contributed by atoms with Gasteiger partial charge in [0.15, 0.2) is 6.10 Å². The van der Waals surface area contributed by atoms with Crippen LogP contribution in [-0.4, -0.2) is 74.9 Å². The number of carbonyl (C=O) groups is 2. The second kappa shape index (κ2) is 57.6. The van der Waals surface area contributed by atoms with Gasteiger partial charge in [-0.05, 0) is 103 Å². The Balaban J connectivity index is 4.17. The van der Waals surface area contributed by atoms with E-state index in [9.17, 15) is 19.0 Å². The van der Waals surface area contributed by atoms with Crippen molar-refractivity contribution in [1.29, 1.82) is 0 Å². The smallest absolute Gasteiger partial charge is 0.462 e. The Kier molecular flexibility index (Phi) is 54.5. The molecule has 0 aliphatic heterocycles. The molecule has 0 heterocycles. The lowest BCUT2D eigenvalue weighted by atomic mass is 10.0. The van der Waals surface area contributed by atoms with Crippen molar-refractivity contribution in [3.63, 3.8) is 0 Å². The van der Waals surface area contributed by atoms with Crippen molar-refractivity contribution in [3.8, 4) is 0 Å². The van der Waals surface area contributed by atoms with Crippen molar-refractivity contribution in [2.75, 3.05) is 47.5 Å². The zero-order valence-electron chi connectivity index (χ0n) is 50.1. The molecule has 0 saturated carbocycles. The summed E-state index contributed by atoms with van der Waals surface area (Å²) in [6.45, 7) is 4.27. The van der Waals surface area contributed by atoms with E-state index in [1.165, 1.54) is 64.2 Å². The van der Waals surface area contributed by atoms with E-state index in [2.05, 4.69) is 160 Å². The molecular weight excluding hydrogens is 990 g/mol. The van der Waals surface area contributed by atoms with Crippen molar-refractivity contribution in [1.82, 2.24) is 0 Å². The van der Waals surface area contributed by atoms with Crippen LogP contribution in [0.3, 0.4) is 0 Å². The third-order valence-corrected chi connectivity index (χ3v) is 13.4. The van der Waals surface area contributed by atoms with Crippen LogP contribution in [0, 0.1) is 0 Å². The Morgan fingerprint density at radius 2 is 0.731 bits per heavy atom.